The van der Waals surface area contributed by atoms with Crippen LogP contribution in [0.3, 0.4) is 0 Å². The number of H-pyrrole nitrogens is 1. The Balaban J connectivity index is 2.02. The Morgan fingerprint density at radius 1 is 1.35 bits per heavy atom. The van der Waals surface area contributed by atoms with Crippen molar-refractivity contribution in [3.63, 3.8) is 0 Å². The number of hydrogen-bond acceptors (Lipinski definition) is 1. The highest BCUT2D eigenvalue weighted by atomic mass is 19.3. The van der Waals surface area contributed by atoms with Crippen LogP contribution in [0.2, 0.25) is 0 Å². The third-order valence-electron chi connectivity index (χ3n) is 4.89. The van der Waals surface area contributed by atoms with E-state index < -0.39 is 11.8 Å². The summed E-state index contributed by atoms with van der Waals surface area (Å²) in [7, 11) is 0. The van der Waals surface area contributed by atoms with Crippen molar-refractivity contribution >= 4 is 10.9 Å². The van der Waals surface area contributed by atoms with Crippen LogP contribution in [0.25, 0.3) is 10.9 Å². The number of rotatable bonds is 2. The number of halogens is 2. The van der Waals surface area contributed by atoms with E-state index in [9.17, 15) is 8.78 Å². The fraction of sp³-hybridized carbons (Fsp3) is 0.562. The summed E-state index contributed by atoms with van der Waals surface area (Å²) < 4.78 is 28.6. The predicted octanol–water partition coefficient (Wildman–Crippen LogP) is 4.52. The first-order chi connectivity index (χ1) is 9.62. The zero-order valence-electron chi connectivity index (χ0n) is 11.5. The molecule has 1 heterocycles. The van der Waals surface area contributed by atoms with Gasteiger partial charge in [0.2, 0.25) is 0 Å². The van der Waals surface area contributed by atoms with Gasteiger partial charge >= 0.3 is 0 Å². The lowest BCUT2D eigenvalue weighted by Crippen LogP contribution is -2.32. The molecule has 0 bridgehead atoms. The Labute approximate surface area is 116 Å². The quantitative estimate of drug-likeness (QED) is 0.858. The zero-order chi connectivity index (χ0) is 13.9. The summed E-state index contributed by atoms with van der Waals surface area (Å²) in [5.74, 6) is -2.72. The molecule has 1 unspecified atom stereocenters. The molecular formula is C16H18F2N2. The topological polar surface area (TPSA) is 28.7 Å². The van der Waals surface area contributed by atoms with E-state index in [-0.39, 0.29) is 6.42 Å². The van der Waals surface area contributed by atoms with E-state index >= 15 is 0 Å². The molecule has 0 saturated heterocycles. The van der Waals surface area contributed by atoms with Crippen LogP contribution in [0.15, 0.2) is 12.3 Å². The highest BCUT2D eigenvalue weighted by Crippen LogP contribution is 2.53. The molecule has 2 nitrogen and oxygen atoms in total. The number of alkyl halides is 2. The van der Waals surface area contributed by atoms with Crippen molar-refractivity contribution < 1.29 is 8.78 Å². The maximum atomic E-state index is 14.3. The van der Waals surface area contributed by atoms with Gasteiger partial charge < -0.3 is 0 Å². The summed E-state index contributed by atoms with van der Waals surface area (Å²) >= 11 is 0. The third-order valence-corrected chi connectivity index (χ3v) is 4.89. The lowest BCUT2D eigenvalue weighted by atomic mass is 9.74. The van der Waals surface area contributed by atoms with Crippen LogP contribution in [0.5, 0.6) is 0 Å². The molecule has 4 heteroatoms. The van der Waals surface area contributed by atoms with Crippen molar-refractivity contribution in [1.29, 1.82) is 0 Å². The number of nitrogens with zero attached hydrogens (tertiary/aromatic N) is 1. The van der Waals surface area contributed by atoms with Gasteiger partial charge in [0.05, 0.1) is 11.7 Å². The molecule has 2 aliphatic rings. The van der Waals surface area contributed by atoms with Crippen LogP contribution in [0.1, 0.15) is 61.1 Å². The van der Waals surface area contributed by atoms with Crippen molar-refractivity contribution in [2.45, 2.75) is 56.8 Å². The zero-order valence-corrected chi connectivity index (χ0v) is 11.5. The second-order valence-electron chi connectivity index (χ2n) is 6.19. The van der Waals surface area contributed by atoms with E-state index in [2.05, 4.69) is 10.2 Å². The predicted molar refractivity (Wildman–Crippen MR) is 74.4 cm³/mol. The molecule has 1 fully saturated rings. The number of hydrogen-bond donors (Lipinski definition) is 1. The van der Waals surface area contributed by atoms with Crippen molar-refractivity contribution in [3.05, 3.63) is 29.0 Å². The van der Waals surface area contributed by atoms with Gasteiger partial charge in [0.15, 0.2) is 0 Å². The van der Waals surface area contributed by atoms with E-state index in [4.69, 9.17) is 0 Å². The summed E-state index contributed by atoms with van der Waals surface area (Å²) in [5.41, 5.74) is 4.23. The minimum absolute atomic E-state index is 0.0255. The van der Waals surface area contributed by atoms with Gasteiger partial charge in [-0.3, -0.25) is 5.10 Å². The first-order valence-electron chi connectivity index (χ1n) is 7.48. The summed E-state index contributed by atoms with van der Waals surface area (Å²) in [6.07, 6.45) is 5.01. The molecule has 1 atom stereocenters. The van der Waals surface area contributed by atoms with Crippen LogP contribution in [-0.2, 0) is 6.42 Å². The number of aryl methyl sites for hydroxylation is 1. The molecule has 0 aliphatic heterocycles. The molecule has 2 aliphatic carbocycles. The molecule has 20 heavy (non-hydrogen) atoms. The van der Waals surface area contributed by atoms with Gasteiger partial charge in [0.1, 0.15) is 0 Å². The van der Waals surface area contributed by atoms with Gasteiger partial charge in [-0.05, 0) is 54.4 Å². The Kier molecular flexibility index (Phi) is 2.48. The SMILES string of the molecule is CCC1c2c(cc3[nH]ncc3c2C2CC2)CCC1(F)F. The molecule has 4 rings (SSSR count). The molecule has 106 valence electrons. The van der Waals surface area contributed by atoms with Crippen molar-refractivity contribution in [3.8, 4) is 0 Å². The molecular weight excluding hydrogens is 258 g/mol. The van der Waals surface area contributed by atoms with E-state index in [1.165, 1.54) is 0 Å². The van der Waals surface area contributed by atoms with E-state index in [1.54, 1.807) is 0 Å². The van der Waals surface area contributed by atoms with Gasteiger partial charge in [0, 0.05) is 17.7 Å². The standard InChI is InChI=1S/C16H18F2N2/c1-2-12-15-10(5-6-16(12,17)18)7-13-11(8-19-20-13)14(15)9-3-4-9/h7-9,12H,2-6H2,1H3,(H,19,20). The average Bonchev–Trinajstić information content (AvgIpc) is 3.13. The van der Waals surface area contributed by atoms with Gasteiger partial charge in [-0.1, -0.05) is 6.92 Å². The number of aromatic amines is 1. The Morgan fingerprint density at radius 2 is 2.15 bits per heavy atom. The van der Waals surface area contributed by atoms with Crippen LogP contribution >= 0.6 is 0 Å². The molecule has 1 N–H and O–H groups in total. The summed E-state index contributed by atoms with van der Waals surface area (Å²) in [4.78, 5) is 0. The monoisotopic (exact) mass is 276 g/mol. The van der Waals surface area contributed by atoms with E-state index in [0.717, 1.165) is 40.4 Å². The van der Waals surface area contributed by atoms with Crippen LogP contribution < -0.4 is 0 Å². The largest absolute Gasteiger partial charge is 0.278 e. The maximum absolute atomic E-state index is 14.3. The van der Waals surface area contributed by atoms with Crippen LogP contribution in [0.4, 0.5) is 8.78 Å². The fourth-order valence-electron chi connectivity index (χ4n) is 3.81. The lowest BCUT2D eigenvalue weighted by Gasteiger charge is -2.35. The first-order valence-corrected chi connectivity index (χ1v) is 7.48. The highest BCUT2D eigenvalue weighted by molar-refractivity contribution is 5.85. The average molecular weight is 276 g/mol. The highest BCUT2D eigenvalue weighted by Gasteiger charge is 2.46. The van der Waals surface area contributed by atoms with Gasteiger partial charge in [-0.25, -0.2) is 8.78 Å². The summed E-state index contributed by atoms with van der Waals surface area (Å²) in [6, 6.07) is 2.04. The van der Waals surface area contributed by atoms with E-state index in [0.29, 0.717) is 18.8 Å². The Bertz CT molecular complexity index is 670. The second kappa shape index (κ2) is 4.03. The number of benzene rings is 1. The second-order valence-corrected chi connectivity index (χ2v) is 6.19. The summed E-state index contributed by atoms with van der Waals surface area (Å²) in [5, 5.41) is 8.18. The van der Waals surface area contributed by atoms with Gasteiger partial charge in [0.25, 0.3) is 5.92 Å². The van der Waals surface area contributed by atoms with Crippen LogP contribution in [-0.4, -0.2) is 16.1 Å². The molecule has 2 aromatic rings. The number of aromatic nitrogens is 2. The number of nitrogens with one attached hydrogen (secondary N) is 1. The lowest BCUT2D eigenvalue weighted by molar-refractivity contribution is -0.0427. The van der Waals surface area contributed by atoms with Crippen LogP contribution in [0, 0.1) is 0 Å². The van der Waals surface area contributed by atoms with Crippen molar-refractivity contribution in [1.82, 2.24) is 10.2 Å². The van der Waals surface area contributed by atoms with E-state index in [1.807, 2.05) is 19.2 Å². The molecule has 1 aromatic carbocycles. The Hall–Kier alpha value is -1.45. The van der Waals surface area contributed by atoms with Gasteiger partial charge in [-0.2, -0.15) is 5.10 Å². The third kappa shape index (κ3) is 1.63. The van der Waals surface area contributed by atoms with Crippen molar-refractivity contribution in [2.75, 3.05) is 0 Å². The maximum Gasteiger partial charge on any atom is 0.255 e. The molecule has 0 amide bonds. The molecule has 0 radical (unpaired) electrons. The van der Waals surface area contributed by atoms with Crippen molar-refractivity contribution in [2.24, 2.45) is 0 Å². The Morgan fingerprint density at radius 3 is 2.85 bits per heavy atom. The summed E-state index contributed by atoms with van der Waals surface area (Å²) in [6.45, 7) is 1.88. The molecule has 1 saturated carbocycles. The first kappa shape index (κ1) is 12.3. The minimum atomic E-state index is -2.57. The molecule has 1 aromatic heterocycles. The number of fused-ring (bicyclic) bond motifs is 2. The minimum Gasteiger partial charge on any atom is -0.278 e. The smallest absolute Gasteiger partial charge is 0.255 e. The molecule has 0 spiro atoms. The van der Waals surface area contributed by atoms with Gasteiger partial charge in [-0.15, -0.1) is 0 Å². The fourth-order valence-corrected chi connectivity index (χ4v) is 3.81. The normalized spacial score (nSPS) is 24.9.